The third-order valence-corrected chi connectivity index (χ3v) is 5.49. The summed E-state index contributed by atoms with van der Waals surface area (Å²) in [5, 5.41) is 18.3. The van der Waals surface area contributed by atoms with E-state index in [9.17, 15) is 14.9 Å². The molecule has 31 heavy (non-hydrogen) atoms. The first-order valence-electron chi connectivity index (χ1n) is 9.68. The molecule has 7 nitrogen and oxygen atoms in total. The molecule has 0 spiro atoms. The summed E-state index contributed by atoms with van der Waals surface area (Å²) in [7, 11) is 1.91. The highest BCUT2D eigenvalue weighted by molar-refractivity contribution is 6.19. The fourth-order valence-corrected chi connectivity index (χ4v) is 3.75. The number of imide groups is 1. The number of fused-ring (bicyclic) bond motifs is 1. The molecule has 4 rings (SSSR count). The Bertz CT molecular complexity index is 1390. The minimum absolute atomic E-state index is 0.0353. The molecule has 0 fully saturated rings. The molecule has 0 atom stereocenters. The first-order chi connectivity index (χ1) is 14.9. The number of likely N-dealkylation sites (N-methyl/N-ethyl adjacent to an activating group) is 1. The lowest BCUT2D eigenvalue weighted by Gasteiger charge is -2.25. The fraction of sp³-hybridized carbons (Fsp3) is 0.167. The quantitative estimate of drug-likeness (QED) is 0.481. The number of furan rings is 1. The monoisotopic (exact) mass is 410 g/mol. The molecule has 2 aromatic heterocycles. The molecule has 0 saturated carbocycles. The van der Waals surface area contributed by atoms with Crippen molar-refractivity contribution >= 4 is 29.0 Å². The van der Waals surface area contributed by atoms with E-state index in [2.05, 4.69) is 6.07 Å². The predicted molar refractivity (Wildman–Crippen MR) is 114 cm³/mol. The molecule has 152 valence electrons. The van der Waals surface area contributed by atoms with Gasteiger partial charge >= 0.3 is 0 Å². The number of nitriles is 2. The summed E-state index contributed by atoms with van der Waals surface area (Å²) >= 11 is 0. The molecule has 0 bridgehead atoms. The van der Waals surface area contributed by atoms with Crippen molar-refractivity contribution < 1.29 is 14.0 Å². The van der Waals surface area contributed by atoms with Crippen molar-refractivity contribution in [2.45, 2.75) is 13.8 Å². The maximum Gasteiger partial charge on any atom is 0.271 e. The van der Waals surface area contributed by atoms with Crippen molar-refractivity contribution in [3.05, 3.63) is 64.4 Å². The second-order valence-electron chi connectivity index (χ2n) is 7.20. The van der Waals surface area contributed by atoms with Crippen molar-refractivity contribution in [1.29, 1.82) is 10.5 Å². The summed E-state index contributed by atoms with van der Waals surface area (Å²) in [6, 6.07) is 15.0. The second kappa shape index (κ2) is 7.47. The van der Waals surface area contributed by atoms with E-state index in [0.717, 1.165) is 21.7 Å². The van der Waals surface area contributed by atoms with E-state index in [1.807, 2.05) is 41.9 Å². The molecule has 3 aromatic rings. The number of hydrogen-bond donors (Lipinski definition) is 0. The standard InChI is InChI=1S/C24H18N4O3/c1-4-28-23(29)18(14(2)19(13-26)24(28)30)9-17-10-21-22(31-17)11-20(27(21)3)16-7-5-15(12-25)6-8-16/h5-11H,4H2,1-3H3/b18-9-. The van der Waals surface area contributed by atoms with Gasteiger partial charge in [0.2, 0.25) is 0 Å². The van der Waals surface area contributed by atoms with Crippen molar-refractivity contribution in [2.75, 3.05) is 6.54 Å². The number of carbonyl (C=O) groups excluding carboxylic acids is 2. The van der Waals surface area contributed by atoms with Gasteiger partial charge in [0.05, 0.1) is 22.8 Å². The molecule has 1 aromatic carbocycles. The maximum absolute atomic E-state index is 12.8. The van der Waals surface area contributed by atoms with E-state index in [-0.39, 0.29) is 17.7 Å². The molecule has 0 saturated heterocycles. The van der Waals surface area contributed by atoms with Crippen LogP contribution < -0.4 is 0 Å². The second-order valence-corrected chi connectivity index (χ2v) is 7.20. The van der Waals surface area contributed by atoms with E-state index in [0.29, 0.717) is 22.5 Å². The SMILES string of the molecule is CCN1C(=O)C(C#N)=C(C)/C(=C/c2cc3c(cc(-c4ccc(C#N)cc4)n3C)o2)C1=O. The van der Waals surface area contributed by atoms with E-state index in [4.69, 9.17) is 9.68 Å². The molecular formula is C24H18N4O3. The number of hydrogen-bond acceptors (Lipinski definition) is 5. The van der Waals surface area contributed by atoms with E-state index >= 15 is 0 Å². The van der Waals surface area contributed by atoms with Gasteiger partial charge in [-0.3, -0.25) is 14.5 Å². The van der Waals surface area contributed by atoms with Crippen LogP contribution in [0.2, 0.25) is 0 Å². The zero-order chi connectivity index (χ0) is 22.3. The highest BCUT2D eigenvalue weighted by atomic mass is 16.3. The normalized spacial score (nSPS) is 15.6. The molecule has 0 radical (unpaired) electrons. The van der Waals surface area contributed by atoms with E-state index in [1.54, 1.807) is 32.1 Å². The van der Waals surface area contributed by atoms with Crippen LogP contribution in [0.25, 0.3) is 28.4 Å². The number of nitrogens with zero attached hydrogens (tertiary/aromatic N) is 4. The summed E-state index contributed by atoms with van der Waals surface area (Å²) in [4.78, 5) is 26.2. The van der Waals surface area contributed by atoms with Crippen LogP contribution in [-0.2, 0) is 16.6 Å². The topological polar surface area (TPSA) is 103 Å². The van der Waals surface area contributed by atoms with Gasteiger partial charge in [0, 0.05) is 31.3 Å². The summed E-state index contributed by atoms with van der Waals surface area (Å²) in [6.07, 6.45) is 1.57. The zero-order valence-electron chi connectivity index (χ0n) is 17.3. The van der Waals surface area contributed by atoms with Crippen LogP contribution in [0.1, 0.15) is 25.2 Å². The van der Waals surface area contributed by atoms with Crippen LogP contribution in [-0.4, -0.2) is 27.8 Å². The van der Waals surface area contributed by atoms with Crippen LogP contribution in [0.5, 0.6) is 0 Å². The van der Waals surface area contributed by atoms with Gasteiger partial charge in [0.25, 0.3) is 11.8 Å². The number of amides is 2. The van der Waals surface area contributed by atoms with Gasteiger partial charge in [0.1, 0.15) is 17.4 Å². The zero-order valence-corrected chi connectivity index (χ0v) is 17.3. The lowest BCUT2D eigenvalue weighted by atomic mass is 9.95. The molecule has 2 amide bonds. The van der Waals surface area contributed by atoms with Crippen LogP contribution >= 0.6 is 0 Å². The summed E-state index contributed by atoms with van der Waals surface area (Å²) in [5.74, 6) is -0.554. The number of benzene rings is 1. The maximum atomic E-state index is 12.8. The lowest BCUT2D eigenvalue weighted by Crippen LogP contribution is -2.42. The Morgan fingerprint density at radius 1 is 1.06 bits per heavy atom. The van der Waals surface area contributed by atoms with Gasteiger partial charge in [-0.1, -0.05) is 12.1 Å². The molecule has 0 unspecified atom stereocenters. The summed E-state index contributed by atoms with van der Waals surface area (Å²) < 4.78 is 7.92. The van der Waals surface area contributed by atoms with Gasteiger partial charge in [0.15, 0.2) is 5.58 Å². The molecule has 0 N–H and O–H groups in total. The molecule has 7 heteroatoms. The van der Waals surface area contributed by atoms with Crippen molar-refractivity contribution in [2.24, 2.45) is 7.05 Å². The summed E-state index contributed by atoms with van der Waals surface area (Å²) in [6.45, 7) is 3.47. The van der Waals surface area contributed by atoms with E-state index in [1.165, 1.54) is 0 Å². The predicted octanol–water partition coefficient (Wildman–Crippen LogP) is 3.92. The smallest absolute Gasteiger partial charge is 0.271 e. The molecule has 0 aliphatic carbocycles. The van der Waals surface area contributed by atoms with Gasteiger partial charge in [-0.25, -0.2) is 0 Å². The molecule has 3 heterocycles. The third kappa shape index (κ3) is 3.13. The van der Waals surface area contributed by atoms with Gasteiger partial charge in [-0.05, 0) is 43.2 Å². The van der Waals surface area contributed by atoms with Crippen LogP contribution in [0.15, 0.2) is 57.5 Å². The van der Waals surface area contributed by atoms with E-state index < -0.39 is 11.8 Å². The van der Waals surface area contributed by atoms with Gasteiger partial charge in [-0.15, -0.1) is 0 Å². The first kappa shape index (κ1) is 19.9. The number of aromatic nitrogens is 1. The minimum Gasteiger partial charge on any atom is -0.455 e. The van der Waals surface area contributed by atoms with Gasteiger partial charge < -0.3 is 8.98 Å². The van der Waals surface area contributed by atoms with Gasteiger partial charge in [-0.2, -0.15) is 10.5 Å². The average Bonchev–Trinajstić information content (AvgIpc) is 3.30. The minimum atomic E-state index is -0.568. The highest BCUT2D eigenvalue weighted by Gasteiger charge is 2.34. The van der Waals surface area contributed by atoms with Crippen LogP contribution in [0, 0.1) is 22.7 Å². The number of carbonyl (C=O) groups is 2. The Labute approximate surface area is 178 Å². The van der Waals surface area contributed by atoms with Crippen LogP contribution in [0.4, 0.5) is 0 Å². The Morgan fingerprint density at radius 3 is 2.35 bits per heavy atom. The molecular weight excluding hydrogens is 392 g/mol. The average molecular weight is 410 g/mol. The summed E-state index contributed by atoms with van der Waals surface area (Å²) in [5.41, 5.74) is 4.52. The van der Waals surface area contributed by atoms with Crippen molar-refractivity contribution in [3.8, 4) is 23.4 Å². The third-order valence-electron chi connectivity index (χ3n) is 5.49. The Morgan fingerprint density at radius 2 is 1.77 bits per heavy atom. The Kier molecular flexibility index (Phi) is 4.81. The molecule has 1 aliphatic rings. The number of aryl methyl sites for hydroxylation is 1. The van der Waals surface area contributed by atoms with Crippen molar-refractivity contribution in [3.63, 3.8) is 0 Å². The molecule has 1 aliphatic heterocycles. The first-order valence-corrected chi connectivity index (χ1v) is 9.68. The number of rotatable bonds is 3. The Balaban J connectivity index is 1.77. The fourth-order valence-electron chi connectivity index (χ4n) is 3.75. The van der Waals surface area contributed by atoms with Crippen LogP contribution in [0.3, 0.4) is 0 Å². The Hall–Kier alpha value is -4.36. The largest absolute Gasteiger partial charge is 0.455 e. The van der Waals surface area contributed by atoms with Crippen molar-refractivity contribution in [1.82, 2.24) is 9.47 Å². The highest BCUT2D eigenvalue weighted by Crippen LogP contribution is 2.32. The lowest BCUT2D eigenvalue weighted by molar-refractivity contribution is -0.140.